The van der Waals surface area contributed by atoms with Crippen LogP contribution in [0.3, 0.4) is 0 Å². The van der Waals surface area contributed by atoms with Crippen molar-refractivity contribution in [3.05, 3.63) is 58.7 Å². The average molecular weight is 431 g/mol. The Labute approximate surface area is 186 Å². The van der Waals surface area contributed by atoms with Crippen molar-refractivity contribution in [3.63, 3.8) is 0 Å². The van der Waals surface area contributed by atoms with Crippen LogP contribution in [0, 0.1) is 5.92 Å². The topological polar surface area (TPSA) is 85.7 Å². The third kappa shape index (κ3) is 7.56. The molecule has 172 valence electrons. The van der Waals surface area contributed by atoms with Gasteiger partial charge in [-0.15, -0.1) is 0 Å². The summed E-state index contributed by atoms with van der Waals surface area (Å²) >= 11 is 0. The van der Waals surface area contributed by atoms with E-state index in [1.807, 2.05) is 39.0 Å². The van der Waals surface area contributed by atoms with E-state index in [1.165, 1.54) is 24.8 Å². The lowest BCUT2D eigenvalue weighted by atomic mass is 9.80. The van der Waals surface area contributed by atoms with Gasteiger partial charge in [-0.2, -0.15) is 5.10 Å². The van der Waals surface area contributed by atoms with Crippen molar-refractivity contribution >= 4 is 5.71 Å². The highest BCUT2D eigenvalue weighted by molar-refractivity contribution is 6.02. The third-order valence-corrected chi connectivity index (χ3v) is 6.20. The first-order valence-electron chi connectivity index (χ1n) is 11.2. The maximum absolute atomic E-state index is 15.1. The fourth-order valence-corrected chi connectivity index (χ4v) is 3.79. The van der Waals surface area contributed by atoms with E-state index in [2.05, 4.69) is 35.7 Å². The molecule has 5 nitrogen and oxygen atoms in total. The first kappa shape index (κ1) is 25.2. The molecule has 0 radical (unpaired) electrons. The molecule has 2 rings (SSSR count). The minimum absolute atomic E-state index is 0.413. The van der Waals surface area contributed by atoms with Crippen LogP contribution in [0.25, 0.3) is 0 Å². The molecule has 6 heteroatoms. The Bertz CT molecular complexity index is 785. The van der Waals surface area contributed by atoms with Crippen molar-refractivity contribution in [2.24, 2.45) is 22.7 Å². The van der Waals surface area contributed by atoms with Crippen LogP contribution >= 0.6 is 0 Å². The average Bonchev–Trinajstić information content (AvgIpc) is 2.94. The second-order valence-electron chi connectivity index (χ2n) is 9.01. The van der Waals surface area contributed by atoms with Crippen molar-refractivity contribution < 1.29 is 9.13 Å². The molecule has 0 aromatic rings. The van der Waals surface area contributed by atoms with E-state index in [9.17, 15) is 0 Å². The van der Waals surface area contributed by atoms with Gasteiger partial charge in [-0.3, -0.25) is 11.3 Å². The van der Waals surface area contributed by atoms with Crippen LogP contribution in [-0.2, 0) is 4.74 Å². The van der Waals surface area contributed by atoms with Crippen molar-refractivity contribution in [1.82, 2.24) is 5.43 Å². The van der Waals surface area contributed by atoms with Crippen molar-refractivity contribution in [2.75, 3.05) is 13.2 Å². The van der Waals surface area contributed by atoms with Gasteiger partial charge in [0.1, 0.15) is 6.17 Å². The number of hydrazone groups is 1. The molecule has 31 heavy (non-hydrogen) atoms. The molecule has 1 fully saturated rings. The Morgan fingerprint density at radius 3 is 2.68 bits per heavy atom. The number of nitrogens with zero attached hydrogens (tertiary/aromatic N) is 1. The molecule has 2 aliphatic rings. The molecule has 0 aromatic heterocycles. The first-order valence-corrected chi connectivity index (χ1v) is 11.2. The van der Waals surface area contributed by atoms with E-state index >= 15 is 4.39 Å². The van der Waals surface area contributed by atoms with Gasteiger partial charge in [-0.05, 0) is 76.0 Å². The largest absolute Gasteiger partial charge is 0.372 e. The molecule has 0 heterocycles. The number of hydrogen-bond acceptors (Lipinski definition) is 5. The summed E-state index contributed by atoms with van der Waals surface area (Å²) in [5.41, 5.74) is 6.61. The highest BCUT2D eigenvalue weighted by Crippen LogP contribution is 2.33. The number of allylic oxidation sites excluding steroid dienone is 7. The number of nitrogens with one attached hydrogen (secondary N) is 1. The molecule has 5 N–H and O–H groups in total. The molecule has 0 bridgehead atoms. The molecule has 0 saturated heterocycles. The van der Waals surface area contributed by atoms with E-state index in [0.717, 1.165) is 23.3 Å². The normalized spacial score (nSPS) is 20.1. The zero-order valence-corrected chi connectivity index (χ0v) is 19.5. The molecule has 0 aromatic carbocycles. The minimum Gasteiger partial charge on any atom is -0.372 e. The lowest BCUT2D eigenvalue weighted by molar-refractivity contribution is -0.0581. The van der Waals surface area contributed by atoms with Gasteiger partial charge in [0.05, 0.1) is 24.5 Å². The zero-order valence-electron chi connectivity index (χ0n) is 19.5. The molecule has 0 amide bonds. The Morgan fingerprint density at radius 2 is 2.06 bits per heavy atom. The fourth-order valence-electron chi connectivity index (χ4n) is 3.79. The molecule has 0 aliphatic heterocycles. The predicted octanol–water partition coefficient (Wildman–Crippen LogP) is 4.79. The second-order valence-corrected chi connectivity index (χ2v) is 9.01. The minimum atomic E-state index is -1.16. The number of nitrogens with two attached hydrogens (primary N) is 2. The summed E-state index contributed by atoms with van der Waals surface area (Å²) in [6, 6.07) is 0. The van der Waals surface area contributed by atoms with Crippen molar-refractivity contribution in [3.8, 4) is 0 Å². The highest BCUT2D eigenvalue weighted by atomic mass is 19.1. The fraction of sp³-hybridized carbons (Fsp3) is 0.560. The number of halogens is 1. The Balaban J connectivity index is 1.91. The Morgan fingerprint density at radius 1 is 1.32 bits per heavy atom. The monoisotopic (exact) mass is 430 g/mol. The number of hydrogen-bond donors (Lipinski definition) is 3. The van der Waals surface area contributed by atoms with Gasteiger partial charge < -0.3 is 10.6 Å². The number of alkyl halides is 1. The summed E-state index contributed by atoms with van der Waals surface area (Å²) in [5.74, 6) is 11.5. The zero-order chi connectivity index (χ0) is 22.9. The lowest BCUT2D eigenvalue weighted by Gasteiger charge is -2.30. The Hall–Kier alpha value is -2.02. The molecular formula is C25H39FN4O. The van der Waals surface area contributed by atoms with E-state index in [0.29, 0.717) is 31.1 Å². The van der Waals surface area contributed by atoms with E-state index < -0.39 is 11.8 Å². The van der Waals surface area contributed by atoms with Gasteiger partial charge in [-0.25, -0.2) is 4.39 Å². The third-order valence-electron chi connectivity index (χ3n) is 6.20. The van der Waals surface area contributed by atoms with Crippen LogP contribution in [0.4, 0.5) is 4.39 Å². The molecule has 1 saturated carbocycles. The van der Waals surface area contributed by atoms with Crippen LogP contribution in [-0.4, -0.2) is 30.6 Å². The number of ether oxygens (including phenoxy) is 1. The quantitative estimate of drug-likeness (QED) is 0.190. The summed E-state index contributed by atoms with van der Waals surface area (Å²) in [6.07, 6.45) is 16.3. The smallest absolute Gasteiger partial charge is 0.149 e. The molecular weight excluding hydrogens is 391 g/mol. The molecule has 2 aliphatic carbocycles. The summed E-state index contributed by atoms with van der Waals surface area (Å²) in [6.45, 7) is 8.48. The van der Waals surface area contributed by atoms with Gasteiger partial charge in [0.25, 0.3) is 0 Å². The SMILES string of the molecule is C/C(=C/C=C(\C)C1CCC1)[C@H](F)C(C)(C)OCCC1=CC=C(/C(CNN)=N/N)CC=C1. The van der Waals surface area contributed by atoms with E-state index in [-0.39, 0.29) is 0 Å². The summed E-state index contributed by atoms with van der Waals surface area (Å²) < 4.78 is 21.1. The van der Waals surface area contributed by atoms with E-state index in [4.69, 9.17) is 16.4 Å². The van der Waals surface area contributed by atoms with Crippen LogP contribution in [0.15, 0.2) is 63.8 Å². The lowest BCUT2D eigenvalue weighted by Crippen LogP contribution is -2.37. The van der Waals surface area contributed by atoms with Crippen molar-refractivity contribution in [1.29, 1.82) is 0 Å². The van der Waals surface area contributed by atoms with Crippen LogP contribution in [0.2, 0.25) is 0 Å². The number of rotatable bonds is 11. The van der Waals surface area contributed by atoms with Gasteiger partial charge in [0.15, 0.2) is 0 Å². The first-order chi connectivity index (χ1) is 14.8. The predicted molar refractivity (Wildman–Crippen MR) is 128 cm³/mol. The van der Waals surface area contributed by atoms with Gasteiger partial charge in [0, 0.05) is 0 Å². The van der Waals surface area contributed by atoms with Crippen LogP contribution < -0.4 is 17.1 Å². The van der Waals surface area contributed by atoms with Crippen LogP contribution in [0.1, 0.15) is 59.8 Å². The van der Waals surface area contributed by atoms with Crippen molar-refractivity contribution in [2.45, 2.75) is 71.6 Å². The van der Waals surface area contributed by atoms with Crippen LogP contribution in [0.5, 0.6) is 0 Å². The molecule has 1 atom stereocenters. The number of hydrazine groups is 1. The maximum Gasteiger partial charge on any atom is 0.149 e. The second kappa shape index (κ2) is 12.1. The standard InChI is InChI=1S/C25H39FN4O/c1-18(21-8-6-9-21)11-12-19(2)24(26)25(3,4)31-16-15-20-7-5-10-22(14-13-20)23(30-28)17-29-27/h5,7,11-14,21,24,29H,6,8-10,15-17,27-28H2,1-4H3/b18-11+,19-12-,30-23+/t24-/m0/s1. The molecule has 0 unspecified atom stereocenters. The van der Waals surface area contributed by atoms with Gasteiger partial charge in [0.2, 0.25) is 0 Å². The van der Waals surface area contributed by atoms with Gasteiger partial charge >= 0.3 is 0 Å². The van der Waals surface area contributed by atoms with E-state index in [1.54, 1.807) is 0 Å². The summed E-state index contributed by atoms with van der Waals surface area (Å²) in [4.78, 5) is 0. The summed E-state index contributed by atoms with van der Waals surface area (Å²) in [7, 11) is 0. The van der Waals surface area contributed by atoms with Gasteiger partial charge in [-0.1, -0.05) is 48.5 Å². The highest BCUT2D eigenvalue weighted by Gasteiger charge is 2.31. The Kier molecular flexibility index (Phi) is 9.88. The molecule has 0 spiro atoms. The summed E-state index contributed by atoms with van der Waals surface area (Å²) in [5, 5.41) is 3.81. The maximum atomic E-state index is 15.1.